The Labute approximate surface area is 117 Å². The SMILES string of the molecule is O=S(=O)([O-])CCCCCCCCBr.[Na+]. The van der Waals surface area contributed by atoms with E-state index in [0.29, 0.717) is 6.42 Å². The van der Waals surface area contributed by atoms with Gasteiger partial charge in [-0.05, 0) is 12.8 Å². The number of hydrogen-bond acceptors (Lipinski definition) is 3. The molecule has 0 saturated carbocycles. The smallest absolute Gasteiger partial charge is 0.748 e. The van der Waals surface area contributed by atoms with Crippen molar-refractivity contribution >= 4 is 26.0 Å². The van der Waals surface area contributed by atoms with Gasteiger partial charge in [-0.3, -0.25) is 0 Å². The van der Waals surface area contributed by atoms with E-state index in [1.54, 1.807) is 0 Å². The van der Waals surface area contributed by atoms with Crippen molar-refractivity contribution in [1.82, 2.24) is 0 Å². The molecule has 0 aromatic heterocycles. The monoisotopic (exact) mass is 294 g/mol. The molecule has 0 N–H and O–H groups in total. The number of rotatable bonds is 8. The fourth-order valence-electron chi connectivity index (χ4n) is 1.08. The summed E-state index contributed by atoms with van der Waals surface area (Å²) in [6.07, 6.45) is 5.87. The second kappa shape index (κ2) is 10.9. The maximum Gasteiger partial charge on any atom is 1.00 e. The van der Waals surface area contributed by atoms with Crippen LogP contribution in [0.4, 0.5) is 0 Å². The maximum absolute atomic E-state index is 10.2. The van der Waals surface area contributed by atoms with E-state index in [1.165, 1.54) is 12.8 Å². The number of unbranched alkanes of at least 4 members (excludes halogenated alkanes) is 5. The third kappa shape index (κ3) is 15.8. The second-order valence-electron chi connectivity index (χ2n) is 3.07. The number of halogens is 1. The third-order valence-corrected chi connectivity index (χ3v) is 3.13. The van der Waals surface area contributed by atoms with Gasteiger partial charge in [-0.1, -0.05) is 41.6 Å². The molecule has 0 saturated heterocycles. The minimum absolute atomic E-state index is 0. The zero-order valence-electron chi connectivity index (χ0n) is 8.67. The molecule has 3 nitrogen and oxygen atoms in total. The maximum atomic E-state index is 10.2. The van der Waals surface area contributed by atoms with Crippen LogP contribution in [-0.4, -0.2) is 24.1 Å². The van der Waals surface area contributed by atoms with Crippen molar-refractivity contribution in [2.24, 2.45) is 0 Å². The van der Waals surface area contributed by atoms with Crippen molar-refractivity contribution in [3.63, 3.8) is 0 Å². The van der Waals surface area contributed by atoms with E-state index in [2.05, 4.69) is 15.9 Å². The Bertz CT molecular complexity index is 207. The van der Waals surface area contributed by atoms with Gasteiger partial charge in [0.1, 0.15) is 0 Å². The average Bonchev–Trinajstić information content (AvgIpc) is 2.01. The van der Waals surface area contributed by atoms with Crippen molar-refractivity contribution in [2.75, 3.05) is 11.1 Å². The summed E-state index contributed by atoms with van der Waals surface area (Å²) in [4.78, 5) is 0. The minimum Gasteiger partial charge on any atom is -0.748 e. The largest absolute Gasteiger partial charge is 1.00 e. The Morgan fingerprint density at radius 2 is 1.36 bits per heavy atom. The molecule has 0 aliphatic carbocycles. The molecular formula is C8H16BrNaO3S. The zero-order chi connectivity index (χ0) is 10.2. The first-order valence-electron chi connectivity index (χ1n) is 4.56. The van der Waals surface area contributed by atoms with E-state index >= 15 is 0 Å². The predicted octanol–water partition coefficient (Wildman–Crippen LogP) is -0.729. The summed E-state index contributed by atoms with van der Waals surface area (Å²) in [6.45, 7) is 0. The molecule has 0 spiro atoms. The van der Waals surface area contributed by atoms with Crippen LogP contribution >= 0.6 is 15.9 Å². The molecule has 0 aromatic carbocycles. The molecule has 14 heavy (non-hydrogen) atoms. The zero-order valence-corrected chi connectivity index (χ0v) is 13.1. The van der Waals surface area contributed by atoms with E-state index in [1.807, 2.05) is 0 Å². The van der Waals surface area contributed by atoms with Gasteiger partial charge in [-0.2, -0.15) is 0 Å². The van der Waals surface area contributed by atoms with Crippen LogP contribution in [0.3, 0.4) is 0 Å². The predicted molar refractivity (Wildman–Crippen MR) is 56.1 cm³/mol. The molecule has 0 rings (SSSR count). The van der Waals surface area contributed by atoms with Gasteiger partial charge >= 0.3 is 29.6 Å². The Morgan fingerprint density at radius 3 is 1.79 bits per heavy atom. The van der Waals surface area contributed by atoms with Gasteiger partial charge in [-0.25, -0.2) is 8.42 Å². The number of alkyl halides is 1. The molecule has 0 aromatic rings. The van der Waals surface area contributed by atoms with Gasteiger partial charge < -0.3 is 4.55 Å². The molecule has 80 valence electrons. The Kier molecular flexibility index (Phi) is 13.8. The summed E-state index contributed by atoms with van der Waals surface area (Å²) in [5, 5.41) is 1.03. The molecule has 0 fully saturated rings. The van der Waals surface area contributed by atoms with Gasteiger partial charge in [0.15, 0.2) is 0 Å². The molecule has 0 aliphatic heterocycles. The molecule has 0 heterocycles. The summed E-state index contributed by atoms with van der Waals surface area (Å²) in [5.41, 5.74) is 0. The van der Waals surface area contributed by atoms with Crippen LogP contribution in [0.1, 0.15) is 38.5 Å². The van der Waals surface area contributed by atoms with Crippen LogP contribution < -0.4 is 29.6 Å². The van der Waals surface area contributed by atoms with Gasteiger partial charge in [-0.15, -0.1) is 0 Å². The standard InChI is InChI=1S/C8H17BrO3S.Na/c9-7-5-3-1-2-4-6-8-13(10,11)12;/h1-8H2,(H,10,11,12);/q;+1/p-1. The van der Waals surface area contributed by atoms with Crippen molar-refractivity contribution in [2.45, 2.75) is 38.5 Å². The quantitative estimate of drug-likeness (QED) is 0.257. The van der Waals surface area contributed by atoms with E-state index < -0.39 is 10.1 Å². The normalized spacial score (nSPS) is 11.0. The van der Waals surface area contributed by atoms with Gasteiger partial charge in [0.25, 0.3) is 0 Å². The van der Waals surface area contributed by atoms with E-state index in [9.17, 15) is 13.0 Å². The molecular weight excluding hydrogens is 279 g/mol. The molecule has 0 atom stereocenters. The summed E-state index contributed by atoms with van der Waals surface area (Å²) in [5.74, 6) is -0.203. The topological polar surface area (TPSA) is 57.2 Å². The van der Waals surface area contributed by atoms with Crippen molar-refractivity contribution < 1.29 is 42.5 Å². The van der Waals surface area contributed by atoms with Gasteiger partial charge in [0.05, 0.1) is 10.1 Å². The van der Waals surface area contributed by atoms with Crippen molar-refractivity contribution in [3.05, 3.63) is 0 Å². The molecule has 0 bridgehead atoms. The van der Waals surface area contributed by atoms with Crippen LogP contribution in [0.2, 0.25) is 0 Å². The summed E-state index contributed by atoms with van der Waals surface area (Å²) < 4.78 is 30.6. The Balaban J connectivity index is 0. The molecule has 0 radical (unpaired) electrons. The first-order chi connectivity index (χ1) is 6.06. The molecule has 6 heteroatoms. The van der Waals surface area contributed by atoms with Crippen molar-refractivity contribution in [1.29, 1.82) is 0 Å². The fraction of sp³-hybridized carbons (Fsp3) is 1.00. The Morgan fingerprint density at radius 1 is 0.929 bits per heavy atom. The van der Waals surface area contributed by atoms with Crippen LogP contribution in [-0.2, 0) is 10.1 Å². The minimum atomic E-state index is -3.98. The van der Waals surface area contributed by atoms with Crippen LogP contribution in [0, 0.1) is 0 Å². The van der Waals surface area contributed by atoms with Crippen LogP contribution in [0.15, 0.2) is 0 Å². The summed E-state index contributed by atoms with van der Waals surface area (Å²) in [7, 11) is -3.98. The Hall–Kier alpha value is 1.39. The summed E-state index contributed by atoms with van der Waals surface area (Å²) >= 11 is 3.34. The van der Waals surface area contributed by atoms with E-state index in [4.69, 9.17) is 0 Å². The first-order valence-corrected chi connectivity index (χ1v) is 7.25. The number of hydrogen-bond donors (Lipinski definition) is 0. The second-order valence-corrected chi connectivity index (χ2v) is 5.39. The first kappa shape index (κ1) is 17.8. The van der Waals surface area contributed by atoms with Crippen molar-refractivity contribution in [3.8, 4) is 0 Å². The van der Waals surface area contributed by atoms with Crippen LogP contribution in [0.5, 0.6) is 0 Å². The molecule has 0 unspecified atom stereocenters. The van der Waals surface area contributed by atoms with E-state index in [0.717, 1.165) is 24.6 Å². The molecule has 0 aliphatic rings. The molecule has 0 amide bonds. The van der Waals surface area contributed by atoms with Gasteiger partial charge in [0, 0.05) is 11.1 Å². The fourth-order valence-corrected chi connectivity index (χ4v) is 2.03. The van der Waals surface area contributed by atoms with Crippen LogP contribution in [0.25, 0.3) is 0 Å². The summed E-state index contributed by atoms with van der Waals surface area (Å²) in [6, 6.07) is 0. The van der Waals surface area contributed by atoms with E-state index in [-0.39, 0.29) is 35.3 Å². The van der Waals surface area contributed by atoms with Gasteiger partial charge in [0.2, 0.25) is 0 Å². The third-order valence-electron chi connectivity index (χ3n) is 1.78. The average molecular weight is 295 g/mol.